The molecule has 0 saturated carbocycles. The third kappa shape index (κ3) is 4.04. The quantitative estimate of drug-likeness (QED) is 0.889. The first kappa shape index (κ1) is 18.0. The summed E-state index contributed by atoms with van der Waals surface area (Å²) in [4.78, 5) is 26.1. The van der Waals surface area contributed by atoms with Crippen LogP contribution < -0.4 is 15.0 Å². The van der Waals surface area contributed by atoms with Crippen LogP contribution in [-0.4, -0.2) is 24.5 Å². The van der Waals surface area contributed by atoms with E-state index in [1.54, 1.807) is 6.92 Å². The van der Waals surface area contributed by atoms with Crippen molar-refractivity contribution in [1.82, 2.24) is 0 Å². The molecule has 136 valence electrons. The standard InChI is InChI=1S/C21H24N2O3/c1-14-6-9-18(10-7-14)26-16(3)21(25)22-17-8-11-19(15(2)13-17)23-12-4-5-20(23)24/h6-11,13,16H,4-5,12H2,1-3H3,(H,22,25)/t16-/m1/s1. The first-order valence-corrected chi connectivity index (χ1v) is 8.89. The van der Waals surface area contributed by atoms with Gasteiger partial charge in [-0.05, 0) is 63.1 Å². The number of anilines is 2. The van der Waals surface area contributed by atoms with Crippen LogP contribution in [-0.2, 0) is 9.59 Å². The van der Waals surface area contributed by atoms with E-state index < -0.39 is 6.10 Å². The Morgan fingerprint density at radius 2 is 1.88 bits per heavy atom. The predicted molar refractivity (Wildman–Crippen MR) is 103 cm³/mol. The van der Waals surface area contributed by atoms with Gasteiger partial charge in [0.1, 0.15) is 5.75 Å². The number of carbonyl (C=O) groups excluding carboxylic acids is 2. The number of amides is 2. The van der Waals surface area contributed by atoms with E-state index in [1.165, 1.54) is 0 Å². The summed E-state index contributed by atoms with van der Waals surface area (Å²) >= 11 is 0. The van der Waals surface area contributed by atoms with Crippen LogP contribution >= 0.6 is 0 Å². The SMILES string of the molecule is Cc1ccc(O[C@H](C)C(=O)Nc2ccc(N3CCCC3=O)c(C)c2)cc1. The molecule has 2 aromatic carbocycles. The van der Waals surface area contributed by atoms with Crippen LogP contribution in [0.15, 0.2) is 42.5 Å². The number of ether oxygens (including phenoxy) is 1. The smallest absolute Gasteiger partial charge is 0.265 e. The maximum Gasteiger partial charge on any atom is 0.265 e. The molecule has 0 radical (unpaired) electrons. The molecule has 5 nitrogen and oxygen atoms in total. The average Bonchev–Trinajstić information content (AvgIpc) is 3.03. The molecule has 2 amide bonds. The van der Waals surface area contributed by atoms with Crippen molar-refractivity contribution in [2.24, 2.45) is 0 Å². The zero-order valence-electron chi connectivity index (χ0n) is 15.4. The molecule has 1 atom stereocenters. The molecule has 2 aromatic rings. The van der Waals surface area contributed by atoms with Crippen molar-refractivity contribution >= 4 is 23.2 Å². The van der Waals surface area contributed by atoms with Gasteiger partial charge in [0.05, 0.1) is 0 Å². The highest BCUT2D eigenvalue weighted by Crippen LogP contribution is 2.27. The Bertz CT molecular complexity index is 815. The van der Waals surface area contributed by atoms with Gasteiger partial charge in [0.25, 0.3) is 5.91 Å². The van der Waals surface area contributed by atoms with Crippen LogP contribution in [0.1, 0.15) is 30.9 Å². The number of benzene rings is 2. The van der Waals surface area contributed by atoms with Crippen molar-refractivity contribution in [3.63, 3.8) is 0 Å². The maximum atomic E-state index is 12.4. The first-order valence-electron chi connectivity index (χ1n) is 8.89. The van der Waals surface area contributed by atoms with Crippen LogP contribution in [0, 0.1) is 13.8 Å². The van der Waals surface area contributed by atoms with Gasteiger partial charge in [-0.1, -0.05) is 17.7 Å². The van der Waals surface area contributed by atoms with E-state index in [-0.39, 0.29) is 11.8 Å². The van der Waals surface area contributed by atoms with Crippen molar-refractivity contribution in [1.29, 1.82) is 0 Å². The van der Waals surface area contributed by atoms with Gasteiger partial charge >= 0.3 is 0 Å². The lowest BCUT2D eigenvalue weighted by Crippen LogP contribution is -2.30. The van der Waals surface area contributed by atoms with Crippen LogP contribution in [0.3, 0.4) is 0 Å². The number of nitrogens with zero attached hydrogens (tertiary/aromatic N) is 1. The Hall–Kier alpha value is -2.82. The van der Waals surface area contributed by atoms with Gasteiger partial charge in [-0.2, -0.15) is 0 Å². The summed E-state index contributed by atoms with van der Waals surface area (Å²) < 4.78 is 5.69. The van der Waals surface area contributed by atoms with E-state index in [0.29, 0.717) is 17.9 Å². The lowest BCUT2D eigenvalue weighted by atomic mass is 10.1. The molecule has 1 N–H and O–H groups in total. The summed E-state index contributed by atoms with van der Waals surface area (Å²) in [5, 5.41) is 2.88. The highest BCUT2D eigenvalue weighted by Gasteiger charge is 2.23. The minimum absolute atomic E-state index is 0.157. The van der Waals surface area contributed by atoms with E-state index in [2.05, 4.69) is 5.32 Å². The lowest BCUT2D eigenvalue weighted by molar-refractivity contribution is -0.122. The number of nitrogens with one attached hydrogen (secondary N) is 1. The molecule has 0 aliphatic carbocycles. The minimum Gasteiger partial charge on any atom is -0.481 e. The molecule has 0 aromatic heterocycles. The van der Waals surface area contributed by atoms with Gasteiger partial charge < -0.3 is 15.0 Å². The Kier molecular flexibility index (Phi) is 5.26. The predicted octanol–water partition coefficient (Wildman–Crippen LogP) is 3.84. The summed E-state index contributed by atoms with van der Waals surface area (Å²) in [6.07, 6.45) is 0.883. The molecular weight excluding hydrogens is 328 g/mol. The van der Waals surface area contributed by atoms with E-state index in [9.17, 15) is 9.59 Å². The molecule has 26 heavy (non-hydrogen) atoms. The summed E-state index contributed by atoms with van der Waals surface area (Å²) in [7, 11) is 0. The molecular formula is C21H24N2O3. The van der Waals surface area contributed by atoms with Crippen LogP contribution in [0.4, 0.5) is 11.4 Å². The highest BCUT2D eigenvalue weighted by molar-refractivity contribution is 5.97. The Balaban J connectivity index is 1.64. The molecule has 5 heteroatoms. The number of carbonyl (C=O) groups is 2. The fourth-order valence-corrected chi connectivity index (χ4v) is 3.06. The number of rotatable bonds is 5. The van der Waals surface area contributed by atoms with Crippen molar-refractivity contribution in [3.8, 4) is 5.75 Å². The number of aryl methyl sites for hydroxylation is 2. The first-order chi connectivity index (χ1) is 12.4. The number of hydrogen-bond acceptors (Lipinski definition) is 3. The van der Waals surface area contributed by atoms with Crippen molar-refractivity contribution in [2.75, 3.05) is 16.8 Å². The summed E-state index contributed by atoms with van der Waals surface area (Å²) in [6, 6.07) is 13.2. The van der Waals surface area contributed by atoms with Crippen molar-refractivity contribution in [2.45, 2.75) is 39.7 Å². The molecule has 0 spiro atoms. The highest BCUT2D eigenvalue weighted by atomic mass is 16.5. The fourth-order valence-electron chi connectivity index (χ4n) is 3.06. The van der Waals surface area contributed by atoms with Gasteiger partial charge in [0.2, 0.25) is 5.91 Å². The van der Waals surface area contributed by atoms with E-state index >= 15 is 0 Å². The van der Waals surface area contributed by atoms with Gasteiger partial charge in [0, 0.05) is 24.3 Å². The molecule has 1 aliphatic heterocycles. The fraction of sp³-hybridized carbons (Fsp3) is 0.333. The second-order valence-electron chi connectivity index (χ2n) is 6.71. The zero-order valence-corrected chi connectivity index (χ0v) is 15.4. The average molecular weight is 352 g/mol. The normalized spacial score (nSPS) is 15.0. The monoisotopic (exact) mass is 352 g/mol. The summed E-state index contributed by atoms with van der Waals surface area (Å²) in [5.74, 6) is 0.609. The summed E-state index contributed by atoms with van der Waals surface area (Å²) in [5.41, 5.74) is 3.71. The van der Waals surface area contributed by atoms with Crippen LogP contribution in [0.2, 0.25) is 0 Å². The molecule has 1 saturated heterocycles. The van der Waals surface area contributed by atoms with E-state index in [4.69, 9.17) is 4.74 Å². The lowest BCUT2D eigenvalue weighted by Gasteiger charge is -2.20. The molecule has 3 rings (SSSR count). The van der Waals surface area contributed by atoms with Gasteiger partial charge in [-0.25, -0.2) is 0 Å². The Morgan fingerprint density at radius 1 is 1.15 bits per heavy atom. The maximum absolute atomic E-state index is 12.4. The van der Waals surface area contributed by atoms with Gasteiger partial charge in [0.15, 0.2) is 6.10 Å². The van der Waals surface area contributed by atoms with E-state index in [0.717, 1.165) is 29.8 Å². The molecule has 1 heterocycles. The second kappa shape index (κ2) is 7.60. The van der Waals surface area contributed by atoms with Crippen molar-refractivity contribution in [3.05, 3.63) is 53.6 Å². The minimum atomic E-state index is -0.613. The largest absolute Gasteiger partial charge is 0.481 e. The molecule has 0 bridgehead atoms. The zero-order chi connectivity index (χ0) is 18.7. The third-order valence-corrected chi connectivity index (χ3v) is 4.53. The molecule has 0 unspecified atom stereocenters. The topological polar surface area (TPSA) is 58.6 Å². The third-order valence-electron chi connectivity index (χ3n) is 4.53. The van der Waals surface area contributed by atoms with Gasteiger partial charge in [-0.3, -0.25) is 9.59 Å². The molecule has 1 fully saturated rings. The van der Waals surface area contributed by atoms with Crippen LogP contribution in [0.25, 0.3) is 0 Å². The Morgan fingerprint density at radius 3 is 2.50 bits per heavy atom. The van der Waals surface area contributed by atoms with E-state index in [1.807, 2.05) is 61.2 Å². The second-order valence-corrected chi connectivity index (χ2v) is 6.71. The Labute approximate surface area is 154 Å². The van der Waals surface area contributed by atoms with Crippen LogP contribution in [0.5, 0.6) is 5.75 Å². The summed E-state index contributed by atoms with van der Waals surface area (Å²) in [6.45, 7) is 6.43. The molecule has 1 aliphatic rings. The van der Waals surface area contributed by atoms with Crippen molar-refractivity contribution < 1.29 is 14.3 Å². The number of hydrogen-bond donors (Lipinski definition) is 1. The van der Waals surface area contributed by atoms with Gasteiger partial charge in [-0.15, -0.1) is 0 Å².